The molecular weight excluding hydrogens is 136 g/mol. The second kappa shape index (κ2) is 7.19. The minimum absolute atomic E-state index is 0.789. The van der Waals surface area contributed by atoms with Crippen molar-refractivity contribution < 1.29 is 0 Å². The quantitative estimate of drug-likeness (QED) is 0.329. The molecule has 0 aliphatic carbocycles. The van der Waals surface area contributed by atoms with Crippen molar-refractivity contribution in [1.82, 2.24) is 0 Å². The molecule has 0 aliphatic heterocycles. The lowest BCUT2D eigenvalue weighted by Crippen LogP contribution is -1.76. The van der Waals surface area contributed by atoms with Crippen LogP contribution in [0.2, 0.25) is 0 Å². The van der Waals surface area contributed by atoms with Crippen LogP contribution in [0.1, 0.15) is 33.1 Å². The predicted molar refractivity (Wildman–Crippen MR) is 51.3 cm³/mol. The second-order valence-corrected chi connectivity index (χ2v) is 2.45. The van der Waals surface area contributed by atoms with Crippen LogP contribution in [0.25, 0.3) is 0 Å². The summed E-state index contributed by atoms with van der Waals surface area (Å²) < 4.78 is 0. The minimum atomic E-state index is 0.789. The van der Waals surface area contributed by atoms with E-state index < -0.39 is 0 Å². The highest BCUT2D eigenvalue weighted by atomic mass is 14.8. The van der Waals surface area contributed by atoms with Crippen LogP contribution in [0.5, 0.6) is 0 Å². The molecule has 0 aliphatic rings. The Morgan fingerprint density at radius 2 is 2.27 bits per heavy atom. The Kier molecular flexibility index (Phi) is 6.59. The molecule has 2 heteroatoms. The van der Waals surface area contributed by atoms with Gasteiger partial charge in [0.2, 0.25) is 0 Å². The van der Waals surface area contributed by atoms with Crippen molar-refractivity contribution in [2.75, 3.05) is 0 Å². The highest BCUT2D eigenvalue weighted by molar-refractivity contribution is 5.72. The van der Waals surface area contributed by atoms with Gasteiger partial charge in [-0.2, -0.15) is 0 Å². The summed E-state index contributed by atoms with van der Waals surface area (Å²) in [4.78, 5) is 7.88. The Morgan fingerprint density at radius 1 is 1.55 bits per heavy atom. The summed E-state index contributed by atoms with van der Waals surface area (Å²) in [6.07, 6.45) is 6.88. The molecule has 0 rings (SSSR count). The molecule has 0 atom stereocenters. The lowest BCUT2D eigenvalue weighted by molar-refractivity contribution is 0.843. The van der Waals surface area contributed by atoms with Gasteiger partial charge in [0.25, 0.3) is 0 Å². The topological polar surface area (TPSA) is 24.7 Å². The van der Waals surface area contributed by atoms with E-state index in [1.807, 2.05) is 13.1 Å². The van der Waals surface area contributed by atoms with Crippen LogP contribution < -0.4 is 0 Å². The summed E-state index contributed by atoms with van der Waals surface area (Å²) >= 11 is 0. The molecule has 2 nitrogen and oxygen atoms in total. The first-order valence-corrected chi connectivity index (χ1v) is 3.97. The van der Waals surface area contributed by atoms with Gasteiger partial charge in [-0.25, -0.2) is 9.98 Å². The van der Waals surface area contributed by atoms with E-state index in [-0.39, 0.29) is 0 Å². The molecule has 0 saturated carbocycles. The van der Waals surface area contributed by atoms with Gasteiger partial charge < -0.3 is 0 Å². The normalized spacial score (nSPS) is 11.5. The van der Waals surface area contributed by atoms with E-state index in [0.29, 0.717) is 0 Å². The van der Waals surface area contributed by atoms with Crippen molar-refractivity contribution in [1.29, 1.82) is 0 Å². The molecule has 0 amide bonds. The Morgan fingerprint density at radius 3 is 2.82 bits per heavy atom. The van der Waals surface area contributed by atoms with Gasteiger partial charge in [-0.3, -0.25) is 0 Å². The van der Waals surface area contributed by atoms with Crippen molar-refractivity contribution in [3.63, 3.8) is 0 Å². The van der Waals surface area contributed by atoms with Crippen molar-refractivity contribution in [2.24, 2.45) is 9.98 Å². The zero-order valence-corrected chi connectivity index (χ0v) is 7.38. The minimum Gasteiger partial charge on any atom is -0.249 e. The summed E-state index contributed by atoms with van der Waals surface area (Å²) in [7, 11) is 0. The molecule has 0 unspecified atom stereocenters. The van der Waals surface area contributed by atoms with Crippen LogP contribution in [-0.2, 0) is 0 Å². The van der Waals surface area contributed by atoms with Gasteiger partial charge in [-0.15, -0.1) is 0 Å². The first-order valence-electron chi connectivity index (χ1n) is 3.97. The van der Waals surface area contributed by atoms with E-state index in [2.05, 4.69) is 23.5 Å². The average Bonchev–Trinajstić information content (AvgIpc) is 1.96. The highest BCUT2D eigenvalue weighted by Gasteiger charge is 1.76. The zero-order valence-electron chi connectivity index (χ0n) is 7.38. The van der Waals surface area contributed by atoms with E-state index in [4.69, 9.17) is 0 Å². The average molecular weight is 152 g/mol. The predicted octanol–water partition coefficient (Wildman–Crippen LogP) is 2.81. The maximum atomic E-state index is 3.97. The lowest BCUT2D eigenvalue weighted by atomic mass is 10.3. The van der Waals surface area contributed by atoms with Crippen molar-refractivity contribution in [3.05, 3.63) is 12.3 Å². The number of unbranched alkanes of at least 4 members (excludes halogenated alkanes) is 2. The van der Waals surface area contributed by atoms with Crippen molar-refractivity contribution in [3.8, 4) is 0 Å². The number of nitrogens with zero attached hydrogens (tertiary/aromatic N) is 2. The lowest BCUT2D eigenvalue weighted by Gasteiger charge is -1.85. The van der Waals surface area contributed by atoms with Crippen LogP contribution in [0.3, 0.4) is 0 Å². The van der Waals surface area contributed by atoms with Crippen LogP contribution in [0.15, 0.2) is 22.3 Å². The molecule has 0 heterocycles. The third-order valence-electron chi connectivity index (χ3n) is 1.14. The zero-order chi connectivity index (χ0) is 8.53. The van der Waals surface area contributed by atoms with Crippen LogP contribution in [0.4, 0.5) is 0 Å². The van der Waals surface area contributed by atoms with Crippen LogP contribution in [-0.4, -0.2) is 12.6 Å². The molecule has 0 N–H and O–H groups in total. The Balaban J connectivity index is 3.36. The molecule has 0 aromatic carbocycles. The molecule has 11 heavy (non-hydrogen) atoms. The summed E-state index contributed by atoms with van der Waals surface area (Å²) in [6, 6.07) is 0. The third-order valence-corrected chi connectivity index (χ3v) is 1.14. The number of aliphatic imine (C=N–C) groups is 2. The fourth-order valence-corrected chi connectivity index (χ4v) is 0.549. The standard InChI is InChI=1S/C9H16N2/c1-4-5-6-7-10-8-11-9(2)3/h7-8H,2,4-6H2,1,3H3. The fraction of sp³-hybridized carbons (Fsp3) is 0.556. The van der Waals surface area contributed by atoms with E-state index in [1.54, 1.807) is 0 Å². The first-order chi connectivity index (χ1) is 5.27. The first kappa shape index (κ1) is 10.1. The van der Waals surface area contributed by atoms with Gasteiger partial charge in [0, 0.05) is 11.9 Å². The molecule has 0 spiro atoms. The monoisotopic (exact) mass is 152 g/mol. The molecule has 0 radical (unpaired) electrons. The molecule has 0 saturated heterocycles. The summed E-state index contributed by atoms with van der Waals surface area (Å²) in [5.41, 5.74) is 0.789. The Bertz CT molecular complexity index is 157. The summed E-state index contributed by atoms with van der Waals surface area (Å²) in [5.74, 6) is 0. The fourth-order valence-electron chi connectivity index (χ4n) is 0.549. The van der Waals surface area contributed by atoms with Gasteiger partial charge in [0.15, 0.2) is 0 Å². The maximum absolute atomic E-state index is 3.97. The van der Waals surface area contributed by atoms with Gasteiger partial charge in [0.05, 0.1) is 0 Å². The summed E-state index contributed by atoms with van der Waals surface area (Å²) in [5, 5.41) is 0. The number of hydrogen-bond donors (Lipinski definition) is 0. The Labute approximate surface area is 68.8 Å². The summed E-state index contributed by atoms with van der Waals surface area (Å²) in [6.45, 7) is 7.63. The van der Waals surface area contributed by atoms with E-state index in [1.165, 1.54) is 19.2 Å². The molecule has 62 valence electrons. The van der Waals surface area contributed by atoms with E-state index in [9.17, 15) is 0 Å². The smallest absolute Gasteiger partial charge is 0.115 e. The molecule has 0 fully saturated rings. The van der Waals surface area contributed by atoms with Gasteiger partial charge in [-0.05, 0) is 19.8 Å². The number of allylic oxidation sites excluding steroid dienone is 1. The second-order valence-electron chi connectivity index (χ2n) is 2.45. The molecule has 0 bridgehead atoms. The number of rotatable bonds is 5. The Hall–Kier alpha value is -0.920. The van der Waals surface area contributed by atoms with E-state index in [0.717, 1.165) is 12.1 Å². The largest absolute Gasteiger partial charge is 0.249 e. The van der Waals surface area contributed by atoms with Crippen LogP contribution >= 0.6 is 0 Å². The molecule has 0 aromatic heterocycles. The highest BCUT2D eigenvalue weighted by Crippen LogP contribution is 1.89. The number of hydrogen-bond acceptors (Lipinski definition) is 1. The van der Waals surface area contributed by atoms with Crippen molar-refractivity contribution in [2.45, 2.75) is 33.1 Å². The third kappa shape index (κ3) is 9.08. The van der Waals surface area contributed by atoms with Gasteiger partial charge >= 0.3 is 0 Å². The SMILES string of the molecule is C=C(C)N=CN=CCCCC. The maximum Gasteiger partial charge on any atom is 0.115 e. The van der Waals surface area contributed by atoms with Gasteiger partial charge in [-0.1, -0.05) is 19.9 Å². The molecule has 0 aromatic rings. The van der Waals surface area contributed by atoms with Gasteiger partial charge in [0.1, 0.15) is 6.34 Å². The van der Waals surface area contributed by atoms with E-state index >= 15 is 0 Å². The van der Waals surface area contributed by atoms with Crippen molar-refractivity contribution >= 4 is 12.6 Å². The van der Waals surface area contributed by atoms with Crippen LogP contribution in [0, 0.1) is 0 Å². The molecular formula is C9H16N2.